The van der Waals surface area contributed by atoms with E-state index in [1.807, 2.05) is 0 Å². The van der Waals surface area contributed by atoms with Gasteiger partial charge in [0.15, 0.2) is 0 Å². The van der Waals surface area contributed by atoms with Crippen molar-refractivity contribution in [3.8, 4) is 0 Å². The van der Waals surface area contributed by atoms with Crippen LogP contribution in [0.2, 0.25) is 0 Å². The monoisotopic (exact) mass is 252 g/mol. The first-order valence-corrected chi connectivity index (χ1v) is 8.16. The summed E-state index contributed by atoms with van der Waals surface area (Å²) >= 11 is 0. The van der Waals surface area contributed by atoms with Gasteiger partial charge in [0.25, 0.3) is 0 Å². The van der Waals surface area contributed by atoms with Crippen LogP contribution in [0, 0.1) is 11.8 Å². The van der Waals surface area contributed by atoms with Crippen molar-refractivity contribution in [1.82, 2.24) is 4.90 Å². The van der Waals surface area contributed by atoms with Crippen molar-refractivity contribution in [2.75, 3.05) is 13.1 Å². The second-order valence-electron chi connectivity index (χ2n) is 6.85. The highest BCUT2D eigenvalue weighted by Gasteiger charge is 2.30. The van der Waals surface area contributed by atoms with E-state index in [4.69, 9.17) is 5.73 Å². The molecule has 2 aliphatic rings. The second-order valence-corrected chi connectivity index (χ2v) is 6.85. The molecule has 1 saturated carbocycles. The van der Waals surface area contributed by atoms with Crippen LogP contribution < -0.4 is 5.73 Å². The molecule has 1 aliphatic carbocycles. The van der Waals surface area contributed by atoms with E-state index < -0.39 is 0 Å². The zero-order valence-corrected chi connectivity index (χ0v) is 12.4. The molecule has 1 heterocycles. The number of rotatable bonds is 4. The molecule has 0 aromatic heterocycles. The van der Waals surface area contributed by atoms with Crippen molar-refractivity contribution in [2.24, 2.45) is 17.6 Å². The highest BCUT2D eigenvalue weighted by molar-refractivity contribution is 4.86. The average molecular weight is 252 g/mol. The first-order chi connectivity index (χ1) is 8.70. The molecule has 2 N–H and O–H groups in total. The van der Waals surface area contributed by atoms with Gasteiger partial charge in [0.1, 0.15) is 0 Å². The molecule has 1 saturated heterocycles. The molecular weight excluding hydrogens is 220 g/mol. The Bertz CT molecular complexity index is 235. The summed E-state index contributed by atoms with van der Waals surface area (Å²) in [6.45, 7) is 6.93. The van der Waals surface area contributed by atoms with Gasteiger partial charge in [-0.3, -0.25) is 4.90 Å². The first kappa shape index (κ1) is 14.3. The van der Waals surface area contributed by atoms with E-state index in [1.165, 1.54) is 57.9 Å². The Labute approximate surface area is 113 Å². The lowest BCUT2D eigenvalue weighted by atomic mass is 9.84. The average Bonchev–Trinajstić information content (AvgIpc) is 2.38. The fraction of sp³-hybridized carbons (Fsp3) is 1.00. The number of piperidine rings is 1. The van der Waals surface area contributed by atoms with Gasteiger partial charge >= 0.3 is 0 Å². The molecule has 2 rings (SSSR count). The van der Waals surface area contributed by atoms with Crippen LogP contribution in [0.15, 0.2) is 0 Å². The fourth-order valence-corrected chi connectivity index (χ4v) is 4.22. The summed E-state index contributed by atoms with van der Waals surface area (Å²) in [7, 11) is 0. The minimum Gasteiger partial charge on any atom is -0.329 e. The van der Waals surface area contributed by atoms with Crippen LogP contribution in [0.5, 0.6) is 0 Å². The van der Waals surface area contributed by atoms with E-state index in [0.717, 1.165) is 24.4 Å². The van der Waals surface area contributed by atoms with Gasteiger partial charge in [0, 0.05) is 18.6 Å². The molecule has 18 heavy (non-hydrogen) atoms. The van der Waals surface area contributed by atoms with Crippen LogP contribution in [0.4, 0.5) is 0 Å². The summed E-state index contributed by atoms with van der Waals surface area (Å²) in [6, 6.07) is 1.39. The highest BCUT2D eigenvalue weighted by Crippen LogP contribution is 2.30. The zero-order chi connectivity index (χ0) is 13.0. The maximum Gasteiger partial charge on any atom is 0.0223 e. The van der Waals surface area contributed by atoms with Gasteiger partial charge in [0.05, 0.1) is 0 Å². The molecule has 3 unspecified atom stereocenters. The van der Waals surface area contributed by atoms with Crippen molar-refractivity contribution >= 4 is 0 Å². The predicted molar refractivity (Wildman–Crippen MR) is 78.6 cm³/mol. The molecule has 2 nitrogen and oxygen atoms in total. The lowest BCUT2D eigenvalue weighted by Crippen LogP contribution is -2.51. The third kappa shape index (κ3) is 3.71. The van der Waals surface area contributed by atoms with Gasteiger partial charge in [-0.15, -0.1) is 0 Å². The maximum atomic E-state index is 5.99. The molecule has 2 fully saturated rings. The molecular formula is C16H32N2. The molecule has 0 bridgehead atoms. The SMILES string of the molecule is CC1CC(C)N(CCC2CCCCC2)C(CN)C1. The Morgan fingerprint density at radius 2 is 1.78 bits per heavy atom. The summed E-state index contributed by atoms with van der Waals surface area (Å²) < 4.78 is 0. The van der Waals surface area contributed by atoms with Crippen molar-refractivity contribution in [3.05, 3.63) is 0 Å². The molecule has 0 aromatic carbocycles. The van der Waals surface area contributed by atoms with Crippen LogP contribution >= 0.6 is 0 Å². The number of nitrogens with two attached hydrogens (primary N) is 1. The van der Waals surface area contributed by atoms with Crippen LogP contribution in [0.1, 0.15) is 65.2 Å². The Balaban J connectivity index is 1.81. The highest BCUT2D eigenvalue weighted by atomic mass is 15.2. The molecule has 0 spiro atoms. The van der Waals surface area contributed by atoms with Crippen molar-refractivity contribution in [2.45, 2.75) is 77.3 Å². The smallest absolute Gasteiger partial charge is 0.0223 e. The van der Waals surface area contributed by atoms with Crippen LogP contribution in [-0.4, -0.2) is 30.1 Å². The largest absolute Gasteiger partial charge is 0.329 e. The minimum atomic E-state index is 0.646. The Morgan fingerprint density at radius 1 is 1.06 bits per heavy atom. The normalized spacial score (nSPS) is 35.8. The molecule has 0 radical (unpaired) electrons. The van der Waals surface area contributed by atoms with Crippen molar-refractivity contribution in [3.63, 3.8) is 0 Å². The standard InChI is InChI=1S/C16H32N2/c1-13-10-14(2)18(16(11-13)12-17)9-8-15-6-4-3-5-7-15/h13-16H,3-12,17H2,1-2H3. The van der Waals surface area contributed by atoms with Crippen LogP contribution in [-0.2, 0) is 0 Å². The molecule has 0 aromatic rings. The van der Waals surface area contributed by atoms with Gasteiger partial charge in [0.2, 0.25) is 0 Å². The quantitative estimate of drug-likeness (QED) is 0.831. The minimum absolute atomic E-state index is 0.646. The predicted octanol–water partition coefficient (Wildman–Crippen LogP) is 3.40. The van der Waals surface area contributed by atoms with Gasteiger partial charge < -0.3 is 5.73 Å². The fourth-order valence-electron chi connectivity index (χ4n) is 4.22. The van der Waals surface area contributed by atoms with E-state index in [-0.39, 0.29) is 0 Å². The number of hydrogen-bond acceptors (Lipinski definition) is 2. The zero-order valence-electron chi connectivity index (χ0n) is 12.4. The second kappa shape index (κ2) is 6.91. The van der Waals surface area contributed by atoms with E-state index >= 15 is 0 Å². The van der Waals surface area contributed by atoms with Crippen LogP contribution in [0.25, 0.3) is 0 Å². The lowest BCUT2D eigenvalue weighted by molar-refractivity contribution is 0.0623. The summed E-state index contributed by atoms with van der Waals surface area (Å²) in [5.41, 5.74) is 5.99. The molecule has 2 heteroatoms. The van der Waals surface area contributed by atoms with Crippen molar-refractivity contribution < 1.29 is 0 Å². The Hall–Kier alpha value is -0.0800. The number of likely N-dealkylation sites (tertiary alicyclic amines) is 1. The first-order valence-electron chi connectivity index (χ1n) is 8.16. The number of nitrogens with zero attached hydrogens (tertiary/aromatic N) is 1. The molecule has 106 valence electrons. The van der Waals surface area contributed by atoms with E-state index in [0.29, 0.717) is 6.04 Å². The van der Waals surface area contributed by atoms with E-state index in [2.05, 4.69) is 18.7 Å². The number of hydrogen-bond donors (Lipinski definition) is 1. The molecule has 3 atom stereocenters. The lowest BCUT2D eigenvalue weighted by Gasteiger charge is -2.43. The molecule has 1 aliphatic heterocycles. The third-order valence-electron chi connectivity index (χ3n) is 5.25. The summed E-state index contributed by atoms with van der Waals surface area (Å²) in [6.07, 6.45) is 11.5. The van der Waals surface area contributed by atoms with Gasteiger partial charge in [-0.05, 0) is 44.6 Å². The van der Waals surface area contributed by atoms with E-state index in [1.54, 1.807) is 0 Å². The topological polar surface area (TPSA) is 29.3 Å². The van der Waals surface area contributed by atoms with Crippen LogP contribution in [0.3, 0.4) is 0 Å². The maximum absolute atomic E-state index is 5.99. The van der Waals surface area contributed by atoms with Gasteiger partial charge in [-0.25, -0.2) is 0 Å². The summed E-state index contributed by atoms with van der Waals surface area (Å²) in [4.78, 5) is 2.72. The Kier molecular flexibility index (Phi) is 5.50. The molecule has 0 amide bonds. The van der Waals surface area contributed by atoms with E-state index in [9.17, 15) is 0 Å². The van der Waals surface area contributed by atoms with Crippen molar-refractivity contribution in [1.29, 1.82) is 0 Å². The summed E-state index contributed by atoms with van der Waals surface area (Å²) in [5, 5.41) is 0. The Morgan fingerprint density at radius 3 is 2.44 bits per heavy atom. The summed E-state index contributed by atoms with van der Waals surface area (Å²) in [5.74, 6) is 1.86. The van der Waals surface area contributed by atoms with Gasteiger partial charge in [-0.1, -0.05) is 39.0 Å². The third-order valence-corrected chi connectivity index (χ3v) is 5.25. The van der Waals surface area contributed by atoms with Gasteiger partial charge in [-0.2, -0.15) is 0 Å².